The lowest BCUT2D eigenvalue weighted by atomic mass is 10.4. The first-order valence-corrected chi connectivity index (χ1v) is 6.09. The molecule has 0 aliphatic heterocycles. The Balaban J connectivity index is 3.45. The molecule has 0 aliphatic rings. The van der Waals surface area contributed by atoms with E-state index in [0.29, 0.717) is 0 Å². The molecule has 4 nitrogen and oxygen atoms in total. The fourth-order valence-corrected chi connectivity index (χ4v) is 2.93. The predicted molar refractivity (Wildman–Crippen MR) is 53.9 cm³/mol. The Morgan fingerprint density at radius 2 is 1.81 bits per heavy atom. The minimum Gasteiger partial charge on any atom is -0.476 e. The van der Waals surface area contributed by atoms with Gasteiger partial charge >= 0.3 is 11.2 Å². The van der Waals surface area contributed by atoms with Crippen molar-refractivity contribution in [3.8, 4) is 0 Å². The SMILES string of the molecule is O=C(O)C(F)(F)S(=O)(=O)c1ccccc1Br. The molecule has 0 spiro atoms. The summed E-state index contributed by atoms with van der Waals surface area (Å²) in [5.74, 6) is -2.71. The summed E-state index contributed by atoms with van der Waals surface area (Å²) < 4.78 is 48.6. The second kappa shape index (κ2) is 4.10. The lowest BCUT2D eigenvalue weighted by Gasteiger charge is -2.13. The van der Waals surface area contributed by atoms with E-state index in [-0.39, 0.29) is 4.47 Å². The summed E-state index contributed by atoms with van der Waals surface area (Å²) >= 11 is 2.77. The molecule has 0 amide bonds. The lowest BCUT2D eigenvalue weighted by Crippen LogP contribution is -2.37. The van der Waals surface area contributed by atoms with Gasteiger partial charge in [-0.3, -0.25) is 0 Å². The quantitative estimate of drug-likeness (QED) is 0.925. The Morgan fingerprint density at radius 3 is 2.25 bits per heavy atom. The smallest absolute Gasteiger partial charge is 0.444 e. The minimum absolute atomic E-state index is 0.115. The van der Waals surface area contributed by atoms with Crippen LogP contribution in [0.2, 0.25) is 0 Å². The molecule has 1 aromatic rings. The first kappa shape index (κ1) is 13.0. The first-order valence-electron chi connectivity index (χ1n) is 3.81. The molecular formula is C8H5BrF2O4S. The highest BCUT2D eigenvalue weighted by Crippen LogP contribution is 2.33. The van der Waals surface area contributed by atoms with E-state index in [1.807, 2.05) is 0 Å². The monoisotopic (exact) mass is 314 g/mol. The Hall–Kier alpha value is -1.02. The van der Waals surface area contributed by atoms with Crippen molar-refractivity contribution in [2.24, 2.45) is 0 Å². The Kier molecular flexibility index (Phi) is 3.34. The fourth-order valence-electron chi connectivity index (χ4n) is 0.916. The molecule has 1 rings (SSSR count). The van der Waals surface area contributed by atoms with E-state index in [9.17, 15) is 22.0 Å². The molecule has 1 N–H and O–H groups in total. The normalized spacial score (nSPS) is 12.4. The number of sulfone groups is 1. The van der Waals surface area contributed by atoms with Gasteiger partial charge in [-0.25, -0.2) is 13.2 Å². The zero-order chi connectivity index (χ0) is 12.6. The highest BCUT2D eigenvalue weighted by atomic mass is 79.9. The van der Waals surface area contributed by atoms with Crippen molar-refractivity contribution in [2.45, 2.75) is 10.2 Å². The van der Waals surface area contributed by atoms with Gasteiger partial charge in [-0.2, -0.15) is 8.78 Å². The van der Waals surface area contributed by atoms with Gasteiger partial charge in [0.05, 0.1) is 4.90 Å². The zero-order valence-corrected chi connectivity index (χ0v) is 9.93. The van der Waals surface area contributed by atoms with Crippen LogP contribution in [0.5, 0.6) is 0 Å². The molecule has 0 aromatic heterocycles. The molecule has 0 aliphatic carbocycles. The first-order chi connectivity index (χ1) is 7.21. The van der Waals surface area contributed by atoms with Crippen molar-refractivity contribution in [3.63, 3.8) is 0 Å². The summed E-state index contributed by atoms with van der Waals surface area (Å²) in [6.07, 6.45) is 0. The van der Waals surface area contributed by atoms with Crippen molar-refractivity contribution >= 4 is 31.7 Å². The Morgan fingerprint density at radius 1 is 1.31 bits per heavy atom. The molecule has 1 aromatic carbocycles. The third-order valence-electron chi connectivity index (χ3n) is 1.71. The number of carboxylic acid groups (broad SMARTS) is 1. The van der Waals surface area contributed by atoms with Crippen molar-refractivity contribution in [3.05, 3.63) is 28.7 Å². The van der Waals surface area contributed by atoms with Gasteiger partial charge in [0.15, 0.2) is 0 Å². The van der Waals surface area contributed by atoms with Crippen LogP contribution in [0.1, 0.15) is 0 Å². The summed E-state index contributed by atoms with van der Waals surface area (Å²) in [6, 6.07) is 4.76. The predicted octanol–water partition coefficient (Wildman–Crippen LogP) is 1.90. The second-order valence-corrected chi connectivity index (χ2v) is 5.57. The number of rotatable bonds is 3. The van der Waals surface area contributed by atoms with Crippen LogP contribution in [0.3, 0.4) is 0 Å². The molecule has 0 saturated carbocycles. The number of carbonyl (C=O) groups is 1. The van der Waals surface area contributed by atoms with E-state index in [2.05, 4.69) is 15.9 Å². The number of halogens is 3. The van der Waals surface area contributed by atoms with Gasteiger partial charge < -0.3 is 5.11 Å². The summed E-state index contributed by atoms with van der Waals surface area (Å²) in [4.78, 5) is 9.45. The van der Waals surface area contributed by atoms with Crippen LogP contribution < -0.4 is 0 Å². The highest BCUT2D eigenvalue weighted by Gasteiger charge is 2.54. The molecule has 0 heterocycles. The molecule has 0 fully saturated rings. The van der Waals surface area contributed by atoms with Gasteiger partial charge in [0, 0.05) is 4.47 Å². The maximum atomic E-state index is 13.0. The van der Waals surface area contributed by atoms with Crippen LogP contribution in [0.25, 0.3) is 0 Å². The molecule has 0 atom stereocenters. The van der Waals surface area contributed by atoms with Crippen molar-refractivity contribution in [2.75, 3.05) is 0 Å². The highest BCUT2D eigenvalue weighted by molar-refractivity contribution is 9.10. The summed E-state index contributed by atoms with van der Waals surface area (Å²) in [5.41, 5.74) is 0. The van der Waals surface area contributed by atoms with Crippen LogP contribution in [0, 0.1) is 0 Å². The molecule has 16 heavy (non-hydrogen) atoms. The number of hydrogen-bond acceptors (Lipinski definition) is 3. The fraction of sp³-hybridized carbons (Fsp3) is 0.125. The second-order valence-electron chi connectivity index (χ2n) is 2.76. The van der Waals surface area contributed by atoms with Crippen molar-refractivity contribution in [1.82, 2.24) is 0 Å². The van der Waals surface area contributed by atoms with Crippen LogP contribution in [-0.2, 0) is 14.6 Å². The molecule has 88 valence electrons. The third kappa shape index (κ3) is 1.94. The van der Waals surface area contributed by atoms with E-state index in [4.69, 9.17) is 5.11 Å². The van der Waals surface area contributed by atoms with Gasteiger partial charge in [0.1, 0.15) is 0 Å². The van der Waals surface area contributed by atoms with Gasteiger partial charge in [-0.05, 0) is 28.1 Å². The van der Waals surface area contributed by atoms with Gasteiger partial charge in [0.25, 0.3) is 9.84 Å². The van der Waals surface area contributed by atoms with E-state index < -0.39 is 26.0 Å². The maximum Gasteiger partial charge on any atom is 0.444 e. The molecule has 0 radical (unpaired) electrons. The molecule has 8 heteroatoms. The number of hydrogen-bond donors (Lipinski definition) is 1. The average molecular weight is 315 g/mol. The van der Waals surface area contributed by atoms with Crippen LogP contribution in [0.15, 0.2) is 33.6 Å². The number of aliphatic carboxylic acids is 1. The third-order valence-corrected chi connectivity index (χ3v) is 4.45. The van der Waals surface area contributed by atoms with Crippen molar-refractivity contribution < 1.29 is 27.1 Å². The molecular weight excluding hydrogens is 310 g/mol. The Labute approximate surface area is 97.9 Å². The van der Waals surface area contributed by atoms with E-state index in [1.165, 1.54) is 18.2 Å². The molecule has 0 bridgehead atoms. The van der Waals surface area contributed by atoms with E-state index in [0.717, 1.165) is 6.07 Å². The lowest BCUT2D eigenvalue weighted by molar-refractivity contribution is -0.153. The number of alkyl halides is 2. The van der Waals surface area contributed by atoms with E-state index >= 15 is 0 Å². The summed E-state index contributed by atoms with van der Waals surface area (Å²) in [6.45, 7) is 0. The van der Waals surface area contributed by atoms with Gasteiger partial charge in [-0.1, -0.05) is 12.1 Å². The topological polar surface area (TPSA) is 71.4 Å². The maximum absolute atomic E-state index is 13.0. The largest absolute Gasteiger partial charge is 0.476 e. The van der Waals surface area contributed by atoms with Crippen LogP contribution in [0.4, 0.5) is 8.78 Å². The molecule has 0 unspecified atom stereocenters. The minimum atomic E-state index is -5.25. The number of benzene rings is 1. The van der Waals surface area contributed by atoms with Gasteiger partial charge in [0.2, 0.25) is 0 Å². The van der Waals surface area contributed by atoms with E-state index in [1.54, 1.807) is 0 Å². The van der Waals surface area contributed by atoms with Crippen LogP contribution >= 0.6 is 15.9 Å². The average Bonchev–Trinajstić information content (AvgIpc) is 2.17. The zero-order valence-electron chi connectivity index (χ0n) is 7.52. The summed E-state index contributed by atoms with van der Waals surface area (Å²) in [7, 11) is -5.25. The number of carboxylic acids is 1. The standard InChI is InChI=1S/C8H5BrF2O4S/c9-5-3-1-2-4-6(5)16(14,15)8(10,11)7(12)13/h1-4H,(H,12,13). The van der Waals surface area contributed by atoms with Crippen LogP contribution in [-0.4, -0.2) is 24.7 Å². The van der Waals surface area contributed by atoms with Crippen molar-refractivity contribution in [1.29, 1.82) is 0 Å². The molecule has 0 saturated heterocycles. The Bertz CT molecular complexity index is 527. The van der Waals surface area contributed by atoms with Gasteiger partial charge in [-0.15, -0.1) is 0 Å². The summed E-state index contributed by atoms with van der Waals surface area (Å²) in [5, 5.41) is 3.33.